The van der Waals surface area contributed by atoms with Gasteiger partial charge >= 0.3 is 5.97 Å². The van der Waals surface area contributed by atoms with Gasteiger partial charge in [0.05, 0.1) is 5.56 Å². The Balaban J connectivity index is 2.22. The van der Waals surface area contributed by atoms with Crippen molar-refractivity contribution in [3.63, 3.8) is 0 Å². The van der Waals surface area contributed by atoms with E-state index in [4.69, 9.17) is 4.74 Å². The van der Waals surface area contributed by atoms with E-state index in [-0.39, 0.29) is 5.97 Å². The van der Waals surface area contributed by atoms with Crippen LogP contribution in [-0.2, 0) is 4.74 Å². The summed E-state index contributed by atoms with van der Waals surface area (Å²) in [5.41, 5.74) is 2.82. The molecule has 2 aromatic rings. The molecule has 0 amide bonds. The van der Waals surface area contributed by atoms with Crippen molar-refractivity contribution in [3.05, 3.63) is 60.2 Å². The number of hydrogen-bond donors (Lipinski definition) is 0. The van der Waals surface area contributed by atoms with E-state index in [0.717, 1.165) is 11.1 Å². The van der Waals surface area contributed by atoms with Crippen LogP contribution in [0.3, 0.4) is 0 Å². The van der Waals surface area contributed by atoms with Gasteiger partial charge in [-0.1, -0.05) is 42.5 Å². The van der Waals surface area contributed by atoms with Gasteiger partial charge in [0, 0.05) is 0 Å². The number of halogens is 1. The third-order valence-electron chi connectivity index (χ3n) is 2.41. The van der Waals surface area contributed by atoms with Gasteiger partial charge in [-0.2, -0.15) is 0 Å². The summed E-state index contributed by atoms with van der Waals surface area (Å²) < 4.78 is 5.29. The minimum atomic E-state index is -0.279. The smallest absolute Gasteiger partial charge is 0.338 e. The van der Waals surface area contributed by atoms with E-state index in [9.17, 15) is 4.79 Å². The lowest BCUT2D eigenvalue weighted by molar-refractivity contribution is 0.0590. The predicted octanol–water partition coefficient (Wildman–Crippen LogP) is 3.90. The van der Waals surface area contributed by atoms with Crippen molar-refractivity contribution in [1.29, 1.82) is 0 Å². The molecule has 0 aliphatic carbocycles. The van der Waals surface area contributed by atoms with Crippen LogP contribution in [0.5, 0.6) is 0 Å². The molecule has 0 aliphatic rings. The summed E-state index contributed by atoms with van der Waals surface area (Å²) in [6.45, 7) is 0. The van der Waals surface area contributed by atoms with Crippen molar-refractivity contribution in [2.24, 2.45) is 0 Å². The van der Waals surface area contributed by atoms with E-state index < -0.39 is 0 Å². The van der Waals surface area contributed by atoms with E-state index in [1.807, 2.05) is 65.1 Å². The zero-order valence-corrected chi connectivity index (χ0v) is 11.3. The molecule has 0 N–H and O–H groups in total. The minimum Gasteiger partial charge on any atom is -0.451 e. The third kappa shape index (κ3) is 3.06. The average Bonchev–Trinajstić information content (AvgIpc) is 2.40. The Morgan fingerprint density at radius 1 is 0.941 bits per heavy atom. The number of benzene rings is 2. The lowest BCUT2D eigenvalue weighted by Gasteiger charge is -2.03. The zero-order chi connectivity index (χ0) is 12.1. The third-order valence-corrected chi connectivity index (χ3v) is 2.72. The van der Waals surface area contributed by atoms with Crippen LogP contribution in [0.1, 0.15) is 10.4 Å². The van der Waals surface area contributed by atoms with Crippen LogP contribution in [0.2, 0.25) is 0 Å². The van der Waals surface area contributed by atoms with Crippen LogP contribution in [0, 0.1) is 0 Å². The normalized spacial score (nSPS) is 9.94. The summed E-state index contributed by atoms with van der Waals surface area (Å²) in [4.78, 5) is 11.5. The van der Waals surface area contributed by atoms with Crippen LogP contribution in [0.15, 0.2) is 54.6 Å². The van der Waals surface area contributed by atoms with Crippen molar-refractivity contribution in [1.82, 2.24) is 0 Å². The van der Waals surface area contributed by atoms with Crippen molar-refractivity contribution in [2.45, 2.75) is 0 Å². The number of ether oxygens (including phenoxy) is 1. The fraction of sp³-hybridized carbons (Fsp3) is 0.0714. The first-order valence-corrected chi connectivity index (χ1v) is 6.72. The van der Waals surface area contributed by atoms with Crippen LogP contribution in [0.4, 0.5) is 0 Å². The van der Waals surface area contributed by atoms with Gasteiger partial charge in [0.1, 0.15) is 4.61 Å². The largest absolute Gasteiger partial charge is 0.451 e. The van der Waals surface area contributed by atoms with Crippen LogP contribution in [-0.4, -0.2) is 10.6 Å². The number of alkyl halides is 1. The molecule has 3 heteroatoms. The Morgan fingerprint density at radius 2 is 1.53 bits per heavy atom. The summed E-state index contributed by atoms with van der Waals surface area (Å²) >= 11 is 2.00. The van der Waals surface area contributed by atoms with E-state index >= 15 is 0 Å². The molecule has 2 nitrogen and oxygen atoms in total. The monoisotopic (exact) mass is 338 g/mol. The molecule has 0 heterocycles. The molecule has 17 heavy (non-hydrogen) atoms. The van der Waals surface area contributed by atoms with Gasteiger partial charge < -0.3 is 4.74 Å². The molecule has 0 bridgehead atoms. The van der Waals surface area contributed by atoms with E-state index in [0.29, 0.717) is 10.2 Å². The molecule has 0 unspecified atom stereocenters. The first-order valence-electron chi connectivity index (χ1n) is 5.20. The first-order chi connectivity index (χ1) is 8.31. The number of hydrogen-bond acceptors (Lipinski definition) is 2. The quantitative estimate of drug-likeness (QED) is 0.482. The molecule has 0 aliphatic heterocycles. The second-order valence-electron chi connectivity index (χ2n) is 3.48. The number of carbonyl (C=O) groups is 1. The molecule has 0 saturated carbocycles. The summed E-state index contributed by atoms with van der Waals surface area (Å²) in [5.74, 6) is -0.279. The molecular formula is C14H11IO2. The highest BCUT2D eigenvalue weighted by Gasteiger charge is 2.06. The fourth-order valence-electron chi connectivity index (χ4n) is 1.56. The standard InChI is InChI=1S/C14H11IO2/c15-10-17-14(16)13-8-6-12(7-9-13)11-4-2-1-3-5-11/h1-9H,10H2. The molecule has 0 aromatic heterocycles. The number of esters is 1. The van der Waals surface area contributed by atoms with E-state index in [1.165, 1.54) is 0 Å². The minimum absolute atomic E-state index is 0.279. The highest BCUT2D eigenvalue weighted by Crippen LogP contribution is 2.19. The number of carbonyl (C=O) groups excluding carboxylic acids is 1. The number of rotatable bonds is 3. The maximum atomic E-state index is 11.5. The summed E-state index contributed by atoms with van der Waals surface area (Å²) in [6, 6.07) is 17.5. The SMILES string of the molecule is O=C(OCI)c1ccc(-c2ccccc2)cc1. The zero-order valence-electron chi connectivity index (χ0n) is 9.10. The van der Waals surface area contributed by atoms with E-state index in [2.05, 4.69) is 0 Å². The molecule has 0 spiro atoms. The van der Waals surface area contributed by atoms with Crippen LogP contribution in [0.25, 0.3) is 11.1 Å². The highest BCUT2D eigenvalue weighted by atomic mass is 127. The summed E-state index contributed by atoms with van der Waals surface area (Å²) in [5, 5.41) is 0. The average molecular weight is 338 g/mol. The van der Waals surface area contributed by atoms with Gasteiger partial charge in [-0.15, -0.1) is 0 Å². The van der Waals surface area contributed by atoms with Crippen molar-refractivity contribution < 1.29 is 9.53 Å². The molecule has 0 saturated heterocycles. The molecule has 86 valence electrons. The Hall–Kier alpha value is -1.36. The summed E-state index contributed by atoms with van der Waals surface area (Å²) in [6.07, 6.45) is 0. The van der Waals surface area contributed by atoms with Gasteiger partial charge in [-0.3, -0.25) is 0 Å². The Kier molecular flexibility index (Phi) is 4.14. The fourth-order valence-corrected chi connectivity index (χ4v) is 1.85. The molecule has 0 atom stereocenters. The lowest BCUT2D eigenvalue weighted by atomic mass is 10.0. The Bertz CT molecular complexity index is 491. The molecule has 0 radical (unpaired) electrons. The maximum Gasteiger partial charge on any atom is 0.338 e. The van der Waals surface area contributed by atoms with Crippen molar-refractivity contribution in [2.75, 3.05) is 4.61 Å². The van der Waals surface area contributed by atoms with Crippen LogP contribution >= 0.6 is 22.6 Å². The first kappa shape index (κ1) is 12.1. The lowest BCUT2D eigenvalue weighted by Crippen LogP contribution is -2.02. The molecule has 2 aromatic carbocycles. The van der Waals surface area contributed by atoms with E-state index in [1.54, 1.807) is 12.1 Å². The maximum absolute atomic E-state index is 11.5. The van der Waals surface area contributed by atoms with Gasteiger partial charge in [0.25, 0.3) is 0 Å². The van der Waals surface area contributed by atoms with Crippen molar-refractivity contribution >= 4 is 28.6 Å². The van der Waals surface area contributed by atoms with Crippen LogP contribution < -0.4 is 0 Å². The Morgan fingerprint density at radius 3 is 2.12 bits per heavy atom. The molecule has 2 rings (SSSR count). The second kappa shape index (κ2) is 5.82. The summed E-state index contributed by atoms with van der Waals surface area (Å²) in [7, 11) is 0. The Labute approximate surface area is 114 Å². The molecule has 0 fully saturated rings. The topological polar surface area (TPSA) is 26.3 Å². The second-order valence-corrected chi connectivity index (χ2v) is 4.11. The van der Waals surface area contributed by atoms with Gasteiger partial charge in [-0.25, -0.2) is 4.79 Å². The van der Waals surface area contributed by atoms with Gasteiger partial charge in [0.2, 0.25) is 0 Å². The van der Waals surface area contributed by atoms with Gasteiger partial charge in [-0.05, 0) is 45.9 Å². The van der Waals surface area contributed by atoms with Gasteiger partial charge in [0.15, 0.2) is 0 Å². The highest BCUT2D eigenvalue weighted by molar-refractivity contribution is 14.1. The molecular weight excluding hydrogens is 327 g/mol. The predicted molar refractivity (Wildman–Crippen MR) is 76.2 cm³/mol. The van der Waals surface area contributed by atoms with Crippen molar-refractivity contribution in [3.8, 4) is 11.1 Å².